The number of hydrogen-bond acceptors (Lipinski definition) is 2. The van der Waals surface area contributed by atoms with Crippen molar-refractivity contribution in [2.45, 2.75) is 44.7 Å². The summed E-state index contributed by atoms with van der Waals surface area (Å²) in [5.41, 5.74) is 0.343. The summed E-state index contributed by atoms with van der Waals surface area (Å²) in [6, 6.07) is 1.66. The first-order valence-electron chi connectivity index (χ1n) is 6.95. The van der Waals surface area contributed by atoms with E-state index in [4.69, 9.17) is 11.6 Å². The fourth-order valence-corrected chi connectivity index (χ4v) is 3.56. The van der Waals surface area contributed by atoms with Gasteiger partial charge in [0.05, 0.1) is 11.9 Å². The third kappa shape index (κ3) is 2.46. The van der Waals surface area contributed by atoms with E-state index < -0.39 is 5.82 Å². The van der Waals surface area contributed by atoms with Crippen molar-refractivity contribution < 1.29 is 9.18 Å². The average Bonchev–Trinajstić information content (AvgIpc) is 2.66. The summed E-state index contributed by atoms with van der Waals surface area (Å²) < 4.78 is 13.3. The second kappa shape index (κ2) is 5.20. The molecule has 1 N–H and O–H groups in total. The van der Waals surface area contributed by atoms with E-state index in [0.717, 1.165) is 25.7 Å². The zero-order chi connectivity index (χ0) is 14.3. The lowest BCUT2D eigenvalue weighted by molar-refractivity contribution is 0.136. The van der Waals surface area contributed by atoms with Crippen molar-refractivity contribution in [3.63, 3.8) is 0 Å². The molecule has 2 bridgehead atoms. The van der Waals surface area contributed by atoms with Gasteiger partial charge in [0.1, 0.15) is 0 Å². The Kier molecular flexibility index (Phi) is 3.54. The highest BCUT2D eigenvalue weighted by Gasteiger charge is 2.41. The number of aromatic nitrogens is 1. The fraction of sp³-hybridized carbons (Fsp3) is 0.571. The molecule has 2 aliphatic heterocycles. The lowest BCUT2D eigenvalue weighted by atomic mass is 9.93. The minimum Gasteiger partial charge on any atom is -0.319 e. The van der Waals surface area contributed by atoms with Crippen LogP contribution in [-0.2, 0) is 0 Å². The molecule has 2 unspecified atom stereocenters. The molecule has 108 valence electrons. The van der Waals surface area contributed by atoms with Crippen molar-refractivity contribution in [1.29, 1.82) is 0 Å². The molecular weight excluding hydrogens is 281 g/mol. The number of urea groups is 1. The number of rotatable bonds is 1. The number of nitrogens with zero attached hydrogens (tertiary/aromatic N) is 2. The molecule has 0 aromatic carbocycles. The largest absolute Gasteiger partial charge is 0.322 e. The van der Waals surface area contributed by atoms with Gasteiger partial charge >= 0.3 is 6.03 Å². The summed E-state index contributed by atoms with van der Waals surface area (Å²) in [6.45, 7) is 2.24. The van der Waals surface area contributed by atoms with Crippen LogP contribution >= 0.6 is 11.6 Å². The smallest absolute Gasteiger partial charge is 0.319 e. The first-order chi connectivity index (χ1) is 9.54. The van der Waals surface area contributed by atoms with Crippen LogP contribution < -0.4 is 5.32 Å². The van der Waals surface area contributed by atoms with Crippen LogP contribution in [-0.4, -0.2) is 28.0 Å². The number of carbonyl (C=O) groups excluding carboxylic acids is 1. The minimum atomic E-state index is -0.625. The predicted molar refractivity (Wildman–Crippen MR) is 75.3 cm³/mol. The second-order valence-electron chi connectivity index (χ2n) is 5.80. The third-order valence-electron chi connectivity index (χ3n) is 4.25. The number of anilines is 1. The molecule has 1 aromatic heterocycles. The summed E-state index contributed by atoms with van der Waals surface area (Å²) in [5.74, 6) is 0.0471. The quantitative estimate of drug-likeness (QED) is 0.804. The number of nitrogens with one attached hydrogen (secondary N) is 1. The minimum absolute atomic E-state index is 0.159. The summed E-state index contributed by atoms with van der Waals surface area (Å²) in [7, 11) is 0. The third-order valence-corrected chi connectivity index (χ3v) is 4.53. The molecular formula is C14H17ClFN3O. The maximum atomic E-state index is 13.3. The number of amides is 2. The van der Waals surface area contributed by atoms with E-state index in [1.807, 2.05) is 4.90 Å². The first kappa shape index (κ1) is 13.6. The molecule has 2 aliphatic rings. The van der Waals surface area contributed by atoms with E-state index in [1.54, 1.807) is 0 Å². The highest BCUT2D eigenvalue weighted by molar-refractivity contribution is 6.29. The molecule has 2 fully saturated rings. The molecule has 1 aromatic rings. The highest BCUT2D eigenvalue weighted by Crippen LogP contribution is 2.38. The Morgan fingerprint density at radius 2 is 2.10 bits per heavy atom. The van der Waals surface area contributed by atoms with Crippen LogP contribution in [0.2, 0.25) is 5.15 Å². The van der Waals surface area contributed by atoms with Crippen LogP contribution in [0.4, 0.5) is 14.9 Å². The van der Waals surface area contributed by atoms with Crippen LogP contribution in [0.15, 0.2) is 12.3 Å². The van der Waals surface area contributed by atoms with Crippen molar-refractivity contribution in [3.8, 4) is 0 Å². The van der Waals surface area contributed by atoms with Gasteiger partial charge in [-0.25, -0.2) is 14.2 Å². The molecule has 3 heterocycles. The van der Waals surface area contributed by atoms with E-state index in [2.05, 4.69) is 17.2 Å². The molecule has 4 nitrogen and oxygen atoms in total. The number of piperidine rings is 1. The van der Waals surface area contributed by atoms with E-state index in [0.29, 0.717) is 23.7 Å². The topological polar surface area (TPSA) is 45.2 Å². The summed E-state index contributed by atoms with van der Waals surface area (Å²) in [5, 5.41) is 2.54. The van der Waals surface area contributed by atoms with Gasteiger partial charge < -0.3 is 10.2 Å². The van der Waals surface area contributed by atoms with E-state index >= 15 is 0 Å². The lowest BCUT2D eigenvalue weighted by Gasteiger charge is -2.37. The second-order valence-corrected chi connectivity index (χ2v) is 6.15. The van der Waals surface area contributed by atoms with Gasteiger partial charge in [0.2, 0.25) is 0 Å². The van der Waals surface area contributed by atoms with Crippen molar-refractivity contribution in [3.05, 3.63) is 23.2 Å². The Labute approximate surface area is 122 Å². The van der Waals surface area contributed by atoms with Crippen LogP contribution in [0.25, 0.3) is 0 Å². The van der Waals surface area contributed by atoms with Gasteiger partial charge in [-0.1, -0.05) is 18.5 Å². The van der Waals surface area contributed by atoms with Gasteiger partial charge in [-0.05, 0) is 31.6 Å². The van der Waals surface area contributed by atoms with Crippen molar-refractivity contribution >= 4 is 23.3 Å². The highest BCUT2D eigenvalue weighted by atomic mass is 35.5. The Balaban J connectivity index is 1.72. The van der Waals surface area contributed by atoms with Gasteiger partial charge in [0, 0.05) is 18.2 Å². The van der Waals surface area contributed by atoms with Crippen molar-refractivity contribution in [1.82, 2.24) is 9.88 Å². The zero-order valence-electron chi connectivity index (χ0n) is 11.3. The molecule has 0 aliphatic carbocycles. The number of halogens is 2. The number of pyridine rings is 1. The molecule has 2 atom stereocenters. The van der Waals surface area contributed by atoms with E-state index in [1.165, 1.54) is 12.3 Å². The average molecular weight is 298 g/mol. The predicted octanol–water partition coefficient (Wildman–Crippen LogP) is 3.67. The molecule has 20 heavy (non-hydrogen) atoms. The monoisotopic (exact) mass is 297 g/mol. The van der Waals surface area contributed by atoms with E-state index in [9.17, 15) is 9.18 Å². The summed E-state index contributed by atoms with van der Waals surface area (Å²) >= 11 is 5.53. The fourth-order valence-electron chi connectivity index (χ4n) is 3.46. The molecule has 2 saturated heterocycles. The Bertz CT molecular complexity index is 525. The van der Waals surface area contributed by atoms with Gasteiger partial charge in [-0.2, -0.15) is 0 Å². The van der Waals surface area contributed by atoms with Gasteiger partial charge in [0.15, 0.2) is 11.0 Å². The zero-order valence-corrected chi connectivity index (χ0v) is 12.0. The SMILES string of the molecule is CC1CC2CCC(C1)N2C(=O)Nc1cnc(Cl)c(F)c1. The number of fused-ring (bicyclic) bond motifs is 2. The Morgan fingerprint density at radius 1 is 1.45 bits per heavy atom. The van der Waals surface area contributed by atoms with Crippen molar-refractivity contribution in [2.75, 3.05) is 5.32 Å². The van der Waals surface area contributed by atoms with Crippen molar-refractivity contribution in [2.24, 2.45) is 5.92 Å². The standard InChI is InChI=1S/C14H17ClFN3O/c1-8-4-10-2-3-11(5-8)19(10)14(20)18-9-6-12(16)13(15)17-7-9/h6-8,10-11H,2-5H2,1H3,(H,18,20). The molecule has 0 spiro atoms. The molecule has 6 heteroatoms. The lowest BCUT2D eigenvalue weighted by Crippen LogP contribution is -2.48. The summed E-state index contributed by atoms with van der Waals surface area (Å²) in [6.07, 6.45) is 5.61. The van der Waals surface area contributed by atoms with E-state index in [-0.39, 0.29) is 11.2 Å². The Morgan fingerprint density at radius 3 is 2.70 bits per heavy atom. The summed E-state index contributed by atoms with van der Waals surface area (Å²) in [4.78, 5) is 18.0. The van der Waals surface area contributed by atoms with Crippen LogP contribution in [0.3, 0.4) is 0 Å². The molecule has 2 amide bonds. The van der Waals surface area contributed by atoms with Crippen LogP contribution in [0.1, 0.15) is 32.6 Å². The maximum absolute atomic E-state index is 13.3. The van der Waals surface area contributed by atoms with Gasteiger partial charge in [0.25, 0.3) is 0 Å². The van der Waals surface area contributed by atoms with Gasteiger partial charge in [-0.3, -0.25) is 0 Å². The van der Waals surface area contributed by atoms with Gasteiger partial charge in [-0.15, -0.1) is 0 Å². The Hall–Kier alpha value is -1.36. The maximum Gasteiger partial charge on any atom is 0.322 e. The molecule has 3 rings (SSSR count). The normalized spacial score (nSPS) is 28.6. The number of carbonyl (C=O) groups is 1. The molecule has 0 saturated carbocycles. The molecule has 0 radical (unpaired) electrons. The van der Waals surface area contributed by atoms with Crippen LogP contribution in [0, 0.1) is 11.7 Å². The van der Waals surface area contributed by atoms with Crippen LogP contribution in [0.5, 0.6) is 0 Å². The number of hydrogen-bond donors (Lipinski definition) is 1. The first-order valence-corrected chi connectivity index (χ1v) is 7.32.